The second-order valence-corrected chi connectivity index (χ2v) is 8.06. The van der Waals surface area contributed by atoms with E-state index >= 15 is 0 Å². The highest BCUT2D eigenvalue weighted by Gasteiger charge is 2.38. The molecule has 194 valence electrons. The number of rotatable bonds is 6. The fourth-order valence-corrected chi connectivity index (χ4v) is 4.07. The van der Waals surface area contributed by atoms with E-state index in [0.717, 1.165) is 29.7 Å². The lowest BCUT2D eigenvalue weighted by Crippen LogP contribution is -2.28. The molecule has 12 heteroatoms. The first-order chi connectivity index (χ1) is 17.5. The van der Waals surface area contributed by atoms with Gasteiger partial charge in [-0.1, -0.05) is 5.92 Å². The highest BCUT2D eigenvalue weighted by atomic mass is 19.4. The van der Waals surface area contributed by atoms with Crippen molar-refractivity contribution in [2.24, 2.45) is 0 Å². The first kappa shape index (κ1) is 27.2. The van der Waals surface area contributed by atoms with Crippen LogP contribution in [-0.2, 0) is 22.6 Å². The molecule has 0 spiro atoms. The van der Waals surface area contributed by atoms with Crippen molar-refractivity contribution in [2.45, 2.75) is 31.7 Å². The van der Waals surface area contributed by atoms with E-state index in [9.17, 15) is 22.8 Å². The Balaban J connectivity index is 0.000000479. The zero-order valence-corrected chi connectivity index (χ0v) is 19.5. The van der Waals surface area contributed by atoms with Crippen LogP contribution in [0, 0.1) is 12.3 Å². The Labute approximate surface area is 208 Å². The molecule has 3 aromatic rings. The van der Waals surface area contributed by atoms with Gasteiger partial charge in [0.05, 0.1) is 29.1 Å². The van der Waals surface area contributed by atoms with Gasteiger partial charge in [-0.3, -0.25) is 4.79 Å². The zero-order chi connectivity index (χ0) is 27.3. The average molecular weight is 517 g/mol. The van der Waals surface area contributed by atoms with Crippen LogP contribution >= 0.6 is 0 Å². The molecule has 0 saturated heterocycles. The molecule has 0 aliphatic heterocycles. The number of nitrogens with one attached hydrogen (secondary N) is 1. The molecule has 4 rings (SSSR count). The molecule has 1 heterocycles. The molecule has 37 heavy (non-hydrogen) atoms. The standard InChI is InChI=1S/C23H21N3O4.C2HF3O2/c1-3-10-26(16-7-4-14(5-8-16)23(28)29)20-9-6-15-11-19-18(12-17(15)20)22(27)25-21(24-19)13-30-2;3-2(4,5)1(6)7/h1,4-5,7-8,11-12,20H,6,9-10,13H2,2H3,(H,28,29)(H,24,25,27);(H,6,7). The second kappa shape index (κ2) is 11.1. The molecule has 2 aromatic carbocycles. The Morgan fingerprint density at radius 2 is 1.89 bits per heavy atom. The van der Waals surface area contributed by atoms with Gasteiger partial charge in [0.15, 0.2) is 0 Å². The normalized spacial score (nSPS) is 14.3. The molecule has 1 aromatic heterocycles. The summed E-state index contributed by atoms with van der Waals surface area (Å²) in [5.41, 5.74) is 3.71. The number of aromatic carboxylic acids is 1. The van der Waals surface area contributed by atoms with Gasteiger partial charge >= 0.3 is 18.1 Å². The summed E-state index contributed by atoms with van der Waals surface area (Å²) in [5, 5.41) is 16.8. The van der Waals surface area contributed by atoms with Crippen LogP contribution in [0.15, 0.2) is 41.2 Å². The van der Waals surface area contributed by atoms with Gasteiger partial charge in [-0.2, -0.15) is 13.2 Å². The number of carboxylic acid groups (broad SMARTS) is 2. The topological polar surface area (TPSA) is 133 Å². The zero-order valence-electron chi connectivity index (χ0n) is 19.5. The summed E-state index contributed by atoms with van der Waals surface area (Å²) in [5.74, 6) is -0.533. The minimum absolute atomic E-state index is 0.00539. The fourth-order valence-electron chi connectivity index (χ4n) is 4.07. The molecule has 0 radical (unpaired) electrons. The first-order valence-electron chi connectivity index (χ1n) is 10.8. The van der Waals surface area contributed by atoms with Crippen molar-refractivity contribution in [2.75, 3.05) is 18.6 Å². The van der Waals surface area contributed by atoms with Crippen molar-refractivity contribution in [1.82, 2.24) is 9.97 Å². The maximum absolute atomic E-state index is 12.6. The minimum atomic E-state index is -5.08. The van der Waals surface area contributed by atoms with E-state index in [2.05, 4.69) is 20.8 Å². The van der Waals surface area contributed by atoms with Crippen LogP contribution in [0.2, 0.25) is 0 Å². The Morgan fingerprint density at radius 3 is 2.43 bits per heavy atom. The van der Waals surface area contributed by atoms with E-state index in [1.54, 1.807) is 31.4 Å². The Hall–Kier alpha value is -4.37. The molecule has 9 nitrogen and oxygen atoms in total. The summed E-state index contributed by atoms with van der Waals surface area (Å²) in [4.78, 5) is 42.0. The third-order valence-corrected chi connectivity index (χ3v) is 5.67. The molecule has 1 unspecified atom stereocenters. The fraction of sp³-hybridized carbons (Fsp3) is 0.280. The van der Waals surface area contributed by atoms with Crippen molar-refractivity contribution in [3.05, 3.63) is 69.3 Å². The van der Waals surface area contributed by atoms with E-state index in [-0.39, 0.29) is 23.8 Å². The molecule has 1 aliphatic carbocycles. The number of fused-ring (bicyclic) bond motifs is 2. The number of alkyl halides is 3. The lowest BCUT2D eigenvalue weighted by Gasteiger charge is -2.30. The molecule has 3 N–H and O–H groups in total. The number of hydrogen-bond acceptors (Lipinski definition) is 6. The number of aromatic nitrogens is 2. The second-order valence-electron chi connectivity index (χ2n) is 8.06. The molecule has 1 aliphatic rings. The van der Waals surface area contributed by atoms with Crippen LogP contribution in [0.4, 0.5) is 18.9 Å². The maximum Gasteiger partial charge on any atom is 0.490 e. The number of aliphatic carboxylic acids is 1. The number of terminal acetylenes is 1. The summed E-state index contributed by atoms with van der Waals surface area (Å²) in [6.45, 7) is 0.614. The quantitative estimate of drug-likeness (QED) is 0.423. The van der Waals surface area contributed by atoms with Gasteiger partial charge in [0, 0.05) is 12.8 Å². The largest absolute Gasteiger partial charge is 0.490 e. The summed E-state index contributed by atoms with van der Waals surface area (Å²) < 4.78 is 36.8. The number of methoxy groups -OCH3 is 1. The van der Waals surface area contributed by atoms with Crippen LogP contribution in [-0.4, -0.2) is 52.0 Å². The lowest BCUT2D eigenvalue weighted by molar-refractivity contribution is -0.192. The van der Waals surface area contributed by atoms with Gasteiger partial charge < -0.3 is 24.8 Å². The molecule has 0 saturated carbocycles. The maximum atomic E-state index is 12.6. The number of ether oxygens (including phenoxy) is 1. The number of carboxylic acids is 2. The number of anilines is 1. The predicted octanol–water partition coefficient (Wildman–Crippen LogP) is 3.53. The number of nitrogens with zero attached hydrogens (tertiary/aromatic N) is 2. The summed E-state index contributed by atoms with van der Waals surface area (Å²) in [7, 11) is 1.56. The number of aromatic amines is 1. The number of benzene rings is 2. The van der Waals surface area contributed by atoms with E-state index in [4.69, 9.17) is 26.2 Å². The van der Waals surface area contributed by atoms with E-state index < -0.39 is 18.1 Å². The van der Waals surface area contributed by atoms with Gasteiger partial charge in [-0.15, -0.1) is 6.42 Å². The molecule has 0 bridgehead atoms. The van der Waals surface area contributed by atoms with E-state index in [0.29, 0.717) is 23.3 Å². The van der Waals surface area contributed by atoms with Crippen molar-refractivity contribution in [3.63, 3.8) is 0 Å². The SMILES string of the molecule is C#CCN(c1ccc(C(=O)O)cc1)C1CCc2cc3nc(COC)[nH]c(=O)c3cc21.O=C(O)C(F)(F)F. The van der Waals surface area contributed by atoms with Gasteiger partial charge in [-0.05, 0) is 60.4 Å². The average Bonchev–Trinajstić information content (AvgIpc) is 3.24. The summed E-state index contributed by atoms with van der Waals surface area (Å²) >= 11 is 0. The third-order valence-electron chi connectivity index (χ3n) is 5.67. The lowest BCUT2D eigenvalue weighted by atomic mass is 10.0. The third kappa shape index (κ3) is 6.25. The number of H-pyrrole nitrogens is 1. The van der Waals surface area contributed by atoms with Gasteiger partial charge in [-0.25, -0.2) is 14.6 Å². The van der Waals surface area contributed by atoms with Crippen LogP contribution in [0.1, 0.15) is 39.8 Å². The highest BCUT2D eigenvalue weighted by molar-refractivity contribution is 5.88. The van der Waals surface area contributed by atoms with Gasteiger partial charge in [0.25, 0.3) is 5.56 Å². The minimum Gasteiger partial charge on any atom is -0.478 e. The molecule has 0 fully saturated rings. The Morgan fingerprint density at radius 1 is 1.24 bits per heavy atom. The molecular formula is C25H22F3N3O6. The Bertz CT molecular complexity index is 1410. The van der Waals surface area contributed by atoms with Crippen molar-refractivity contribution < 1.29 is 37.7 Å². The molecule has 1 atom stereocenters. The van der Waals surface area contributed by atoms with E-state index in [1.165, 1.54) is 0 Å². The number of halogens is 3. The first-order valence-corrected chi connectivity index (χ1v) is 10.8. The number of carbonyl (C=O) groups is 2. The number of hydrogen-bond donors (Lipinski definition) is 3. The summed E-state index contributed by atoms with van der Waals surface area (Å²) in [6.07, 6.45) is 2.24. The summed E-state index contributed by atoms with van der Waals surface area (Å²) in [6, 6.07) is 10.6. The highest BCUT2D eigenvalue weighted by Crippen LogP contribution is 2.39. The Kier molecular flexibility index (Phi) is 8.19. The van der Waals surface area contributed by atoms with Crippen LogP contribution in [0.5, 0.6) is 0 Å². The van der Waals surface area contributed by atoms with Crippen molar-refractivity contribution >= 4 is 28.5 Å². The van der Waals surface area contributed by atoms with Gasteiger partial charge in [0.2, 0.25) is 0 Å². The van der Waals surface area contributed by atoms with Crippen molar-refractivity contribution in [1.29, 1.82) is 0 Å². The predicted molar refractivity (Wildman–Crippen MR) is 127 cm³/mol. The van der Waals surface area contributed by atoms with Crippen molar-refractivity contribution in [3.8, 4) is 12.3 Å². The van der Waals surface area contributed by atoms with Gasteiger partial charge in [0.1, 0.15) is 12.4 Å². The van der Waals surface area contributed by atoms with Crippen LogP contribution < -0.4 is 10.5 Å². The molecular weight excluding hydrogens is 495 g/mol. The molecule has 0 amide bonds. The van der Waals surface area contributed by atoms with Crippen LogP contribution in [0.3, 0.4) is 0 Å². The number of aryl methyl sites for hydroxylation is 1. The van der Waals surface area contributed by atoms with Crippen LogP contribution in [0.25, 0.3) is 10.9 Å². The van der Waals surface area contributed by atoms with E-state index in [1.807, 2.05) is 12.1 Å². The monoisotopic (exact) mass is 517 g/mol. The smallest absolute Gasteiger partial charge is 0.478 e.